The summed E-state index contributed by atoms with van der Waals surface area (Å²) in [4.78, 5) is 0. The average molecular weight is 116 g/mol. The summed E-state index contributed by atoms with van der Waals surface area (Å²) in [5.74, 6) is 0. The first-order chi connectivity index (χ1) is 2.27. The number of hydrogen-bond acceptors (Lipinski definition) is 2. The number of thiol groups is 1. The molecule has 0 atom stereocenters. The molecule has 0 radical (unpaired) electrons. The summed E-state index contributed by atoms with van der Waals surface area (Å²) in [6, 6.07) is 0. The SMILES string of the molecule is COC(=S)S.[H-].[Li+]. The summed E-state index contributed by atoms with van der Waals surface area (Å²) >= 11 is 7.95. The van der Waals surface area contributed by atoms with E-state index in [0.29, 0.717) is 0 Å². The van der Waals surface area contributed by atoms with Gasteiger partial charge in [-0.2, -0.15) is 0 Å². The van der Waals surface area contributed by atoms with Crippen molar-refractivity contribution in [2.45, 2.75) is 0 Å². The molecular formula is C2H5LiOS2. The largest absolute Gasteiger partial charge is 1.00 e. The number of ether oxygens (including phenoxy) is 1. The summed E-state index contributed by atoms with van der Waals surface area (Å²) in [6.45, 7) is 0. The molecule has 0 amide bonds. The Bertz CT molecular complexity index is 51.0. The molecule has 0 unspecified atom stereocenters. The molecule has 6 heavy (non-hydrogen) atoms. The Labute approximate surface area is 61.5 Å². The number of rotatable bonds is 0. The van der Waals surface area contributed by atoms with Crippen molar-refractivity contribution < 1.29 is 25.0 Å². The molecule has 0 fully saturated rings. The minimum absolute atomic E-state index is 0. The van der Waals surface area contributed by atoms with E-state index in [2.05, 4.69) is 29.6 Å². The summed E-state index contributed by atoms with van der Waals surface area (Å²) in [6.07, 6.45) is 0. The smallest absolute Gasteiger partial charge is 1.00 e. The second-order valence-electron chi connectivity index (χ2n) is 0.470. The molecule has 0 spiro atoms. The van der Waals surface area contributed by atoms with Crippen LogP contribution in [0.3, 0.4) is 0 Å². The molecule has 0 saturated heterocycles. The molecule has 0 aromatic carbocycles. The van der Waals surface area contributed by atoms with Crippen LogP contribution in [0.15, 0.2) is 0 Å². The van der Waals surface area contributed by atoms with Gasteiger partial charge < -0.3 is 6.16 Å². The van der Waals surface area contributed by atoms with Crippen LogP contribution in [0.2, 0.25) is 0 Å². The van der Waals surface area contributed by atoms with Gasteiger partial charge in [0.25, 0.3) is 0 Å². The Morgan fingerprint density at radius 3 is 2.17 bits per heavy atom. The Morgan fingerprint density at radius 2 is 2.17 bits per heavy atom. The topological polar surface area (TPSA) is 9.23 Å². The van der Waals surface area contributed by atoms with Crippen molar-refractivity contribution in [1.29, 1.82) is 0 Å². The molecule has 0 bridgehead atoms. The second-order valence-corrected chi connectivity index (χ2v) is 1.55. The van der Waals surface area contributed by atoms with E-state index >= 15 is 0 Å². The van der Waals surface area contributed by atoms with Crippen LogP contribution in [0.5, 0.6) is 0 Å². The molecule has 0 rings (SSSR count). The zero-order valence-corrected chi connectivity index (χ0v) is 5.47. The maximum Gasteiger partial charge on any atom is 1.00 e. The van der Waals surface area contributed by atoms with Gasteiger partial charge in [0.15, 0.2) is 0 Å². The monoisotopic (exact) mass is 116 g/mol. The molecule has 0 heterocycles. The average Bonchev–Trinajstić information content (AvgIpc) is 1.38. The number of hydrogen-bond donors (Lipinski definition) is 1. The predicted molar refractivity (Wildman–Crippen MR) is 29.7 cm³/mol. The molecule has 0 N–H and O–H groups in total. The predicted octanol–water partition coefficient (Wildman–Crippen LogP) is -2.04. The molecule has 0 aliphatic rings. The molecule has 0 aromatic rings. The van der Waals surface area contributed by atoms with Gasteiger partial charge in [-0.25, -0.2) is 0 Å². The Hall–Kier alpha value is 0.837. The van der Waals surface area contributed by atoms with Crippen LogP contribution in [0.25, 0.3) is 0 Å². The van der Waals surface area contributed by atoms with E-state index in [-0.39, 0.29) is 24.7 Å². The van der Waals surface area contributed by atoms with Crippen LogP contribution >= 0.6 is 24.8 Å². The van der Waals surface area contributed by atoms with Gasteiger partial charge in [-0.15, -0.1) is 0 Å². The standard InChI is InChI=1S/C2H4OS2.Li.H/c1-3-2(4)5;;/h1H3,(H,4,5);;/q;+1;-1. The van der Waals surface area contributed by atoms with Crippen LogP contribution in [-0.4, -0.2) is 11.5 Å². The molecule has 1 nitrogen and oxygen atoms in total. The van der Waals surface area contributed by atoms with E-state index in [9.17, 15) is 0 Å². The first-order valence-electron chi connectivity index (χ1n) is 1.04. The number of methoxy groups -OCH3 is 1. The molecule has 0 aliphatic carbocycles. The van der Waals surface area contributed by atoms with Crippen molar-refractivity contribution in [1.82, 2.24) is 0 Å². The van der Waals surface area contributed by atoms with Crippen LogP contribution in [0.4, 0.5) is 0 Å². The minimum Gasteiger partial charge on any atom is -1.00 e. The Morgan fingerprint density at radius 1 is 2.00 bits per heavy atom. The van der Waals surface area contributed by atoms with Gasteiger partial charge >= 0.3 is 18.9 Å². The molecule has 0 aliphatic heterocycles. The van der Waals surface area contributed by atoms with Crippen molar-refractivity contribution >= 4 is 29.2 Å². The van der Waals surface area contributed by atoms with Crippen LogP contribution < -0.4 is 18.9 Å². The van der Waals surface area contributed by atoms with E-state index in [1.165, 1.54) is 7.11 Å². The first-order valence-corrected chi connectivity index (χ1v) is 1.90. The van der Waals surface area contributed by atoms with Crippen molar-refractivity contribution in [3.63, 3.8) is 0 Å². The zero-order valence-electron chi connectivity index (χ0n) is 4.76. The van der Waals surface area contributed by atoms with Gasteiger partial charge in [-0.3, -0.25) is 0 Å². The molecule has 0 aromatic heterocycles. The molecular weight excluding hydrogens is 111 g/mol. The van der Waals surface area contributed by atoms with Gasteiger partial charge in [0.1, 0.15) is 0 Å². The summed E-state index contributed by atoms with van der Waals surface area (Å²) in [7, 11) is 1.48. The van der Waals surface area contributed by atoms with Crippen molar-refractivity contribution in [3.05, 3.63) is 0 Å². The third kappa shape index (κ3) is 8.85. The Kier molecular flexibility index (Phi) is 9.69. The summed E-state index contributed by atoms with van der Waals surface area (Å²) < 4.78 is 4.63. The fraction of sp³-hybridized carbons (Fsp3) is 0.500. The molecule has 0 saturated carbocycles. The quantitative estimate of drug-likeness (QED) is 0.222. The fourth-order valence-corrected chi connectivity index (χ4v) is 0. The van der Waals surface area contributed by atoms with Crippen molar-refractivity contribution in [2.75, 3.05) is 7.11 Å². The number of thiocarbonyl (C=S) groups is 1. The van der Waals surface area contributed by atoms with Gasteiger partial charge in [-0.05, 0) is 12.2 Å². The van der Waals surface area contributed by atoms with Crippen molar-refractivity contribution in [2.24, 2.45) is 0 Å². The van der Waals surface area contributed by atoms with Gasteiger partial charge in [0.05, 0.1) is 7.11 Å². The normalized spacial score (nSPS) is 5.67. The van der Waals surface area contributed by atoms with Gasteiger partial charge in [0.2, 0.25) is 4.38 Å². The maximum absolute atomic E-state index is 4.35. The molecule has 32 valence electrons. The summed E-state index contributed by atoms with van der Waals surface area (Å²) in [5.41, 5.74) is 0. The minimum atomic E-state index is 0. The van der Waals surface area contributed by atoms with Crippen LogP contribution in [0.1, 0.15) is 1.43 Å². The van der Waals surface area contributed by atoms with Gasteiger partial charge in [-0.1, -0.05) is 12.6 Å². The summed E-state index contributed by atoms with van der Waals surface area (Å²) in [5, 5.41) is 0. The first kappa shape index (κ1) is 9.96. The van der Waals surface area contributed by atoms with E-state index in [4.69, 9.17) is 0 Å². The van der Waals surface area contributed by atoms with Crippen LogP contribution in [-0.2, 0) is 4.74 Å². The van der Waals surface area contributed by atoms with E-state index in [1.54, 1.807) is 0 Å². The third-order valence-corrected chi connectivity index (χ3v) is 0.524. The fourth-order valence-electron chi connectivity index (χ4n) is 0. The van der Waals surface area contributed by atoms with E-state index < -0.39 is 0 Å². The zero-order chi connectivity index (χ0) is 4.28. The van der Waals surface area contributed by atoms with Gasteiger partial charge in [0, 0.05) is 0 Å². The van der Waals surface area contributed by atoms with E-state index in [0.717, 1.165) is 0 Å². The maximum atomic E-state index is 4.35. The van der Waals surface area contributed by atoms with E-state index in [1.807, 2.05) is 0 Å². The second kappa shape index (κ2) is 5.84. The molecule has 4 heteroatoms. The Balaban J connectivity index is -0.0000000800. The third-order valence-electron chi connectivity index (χ3n) is 0.175. The van der Waals surface area contributed by atoms with Crippen molar-refractivity contribution in [3.8, 4) is 0 Å². The van der Waals surface area contributed by atoms with Crippen LogP contribution in [0, 0.1) is 0 Å².